The lowest BCUT2D eigenvalue weighted by Gasteiger charge is -2.06. The second-order valence-electron chi connectivity index (χ2n) is 5.00. The van der Waals surface area contributed by atoms with Crippen molar-refractivity contribution < 1.29 is 18.7 Å². The molecule has 1 aromatic carbocycles. The first-order valence-corrected chi connectivity index (χ1v) is 8.06. The summed E-state index contributed by atoms with van der Waals surface area (Å²) in [6, 6.07) is 6.38. The van der Waals surface area contributed by atoms with Crippen molar-refractivity contribution in [3.05, 3.63) is 69.3 Å². The summed E-state index contributed by atoms with van der Waals surface area (Å²) in [7, 11) is 0. The van der Waals surface area contributed by atoms with Crippen LogP contribution in [-0.4, -0.2) is 27.8 Å². The highest BCUT2D eigenvalue weighted by atomic mass is 32.1. The molecule has 0 aliphatic carbocycles. The summed E-state index contributed by atoms with van der Waals surface area (Å²) in [5.74, 6) is -1.83. The summed E-state index contributed by atoms with van der Waals surface area (Å²) in [5, 5.41) is 4.06. The molecule has 0 unspecified atom stereocenters. The summed E-state index contributed by atoms with van der Waals surface area (Å²) < 4.78 is 19.4. The molecule has 3 rings (SSSR count). The number of hydrogen-bond acceptors (Lipinski definition) is 6. The van der Waals surface area contributed by atoms with Gasteiger partial charge in [-0.1, -0.05) is 6.07 Å². The Balaban J connectivity index is 1.54. The molecular formula is C16H12FN3O4S. The minimum atomic E-state index is -0.696. The number of carbonyl (C=O) groups excluding carboxylic acids is 2. The predicted molar refractivity (Wildman–Crippen MR) is 87.9 cm³/mol. The third kappa shape index (κ3) is 4.07. The smallest absolute Gasteiger partial charge is 0.325 e. The van der Waals surface area contributed by atoms with E-state index in [1.165, 1.54) is 40.0 Å². The predicted octanol–water partition coefficient (Wildman–Crippen LogP) is 1.37. The fraction of sp³-hybridized carbons (Fsp3) is 0.125. The van der Waals surface area contributed by atoms with Crippen molar-refractivity contribution in [3.8, 4) is 0 Å². The lowest BCUT2D eigenvalue weighted by atomic mass is 10.2. The van der Waals surface area contributed by atoms with Gasteiger partial charge < -0.3 is 10.1 Å². The first-order chi connectivity index (χ1) is 12.0. The molecule has 0 saturated carbocycles. The number of ether oxygens (including phenoxy) is 1. The maximum absolute atomic E-state index is 13.1. The second-order valence-corrected chi connectivity index (χ2v) is 5.87. The molecule has 1 amide bonds. The molecule has 2 heterocycles. The Morgan fingerprint density at radius 1 is 1.32 bits per heavy atom. The molecule has 0 aliphatic rings. The molecule has 0 saturated heterocycles. The average Bonchev–Trinajstić information content (AvgIpc) is 3.07. The zero-order valence-corrected chi connectivity index (χ0v) is 13.6. The van der Waals surface area contributed by atoms with Gasteiger partial charge in [0, 0.05) is 23.2 Å². The molecule has 1 N–H and O–H groups in total. The van der Waals surface area contributed by atoms with E-state index in [0.717, 1.165) is 6.07 Å². The van der Waals surface area contributed by atoms with Crippen molar-refractivity contribution in [3.63, 3.8) is 0 Å². The third-order valence-electron chi connectivity index (χ3n) is 3.22. The van der Waals surface area contributed by atoms with Crippen molar-refractivity contribution in [1.29, 1.82) is 0 Å². The Kier molecular flexibility index (Phi) is 4.85. The van der Waals surface area contributed by atoms with Crippen LogP contribution in [0.2, 0.25) is 0 Å². The minimum absolute atomic E-state index is 0.102. The van der Waals surface area contributed by atoms with Gasteiger partial charge in [-0.15, -0.1) is 11.3 Å². The van der Waals surface area contributed by atoms with Gasteiger partial charge in [0.2, 0.25) is 0 Å². The SMILES string of the molecule is O=C(CNC(=O)c1cccc(F)c1)OCc1cc(=O)n2ccsc2n1. The van der Waals surface area contributed by atoms with Crippen LogP contribution in [0.5, 0.6) is 0 Å². The number of amides is 1. The molecule has 0 spiro atoms. The van der Waals surface area contributed by atoms with Gasteiger partial charge in [0.05, 0.1) is 5.69 Å². The van der Waals surface area contributed by atoms with Crippen LogP contribution < -0.4 is 10.9 Å². The Morgan fingerprint density at radius 3 is 2.96 bits per heavy atom. The molecule has 9 heteroatoms. The lowest BCUT2D eigenvalue weighted by molar-refractivity contribution is -0.143. The molecule has 25 heavy (non-hydrogen) atoms. The van der Waals surface area contributed by atoms with E-state index in [1.54, 1.807) is 11.6 Å². The van der Waals surface area contributed by atoms with Gasteiger partial charge in [-0.3, -0.25) is 18.8 Å². The van der Waals surface area contributed by atoms with Crippen molar-refractivity contribution in [2.24, 2.45) is 0 Å². The maximum Gasteiger partial charge on any atom is 0.325 e. The number of thiazole rings is 1. The molecule has 0 aliphatic heterocycles. The van der Waals surface area contributed by atoms with Crippen molar-refractivity contribution in [2.45, 2.75) is 6.61 Å². The van der Waals surface area contributed by atoms with Crippen LogP contribution in [0, 0.1) is 5.82 Å². The number of nitrogens with one attached hydrogen (secondary N) is 1. The molecule has 3 aromatic rings. The number of aromatic nitrogens is 2. The van der Waals surface area contributed by atoms with Gasteiger partial charge in [-0.2, -0.15) is 0 Å². The summed E-state index contributed by atoms with van der Waals surface area (Å²) in [5.41, 5.74) is 0.152. The molecule has 0 bridgehead atoms. The number of hydrogen-bond donors (Lipinski definition) is 1. The zero-order valence-electron chi connectivity index (χ0n) is 12.8. The van der Waals surface area contributed by atoms with Crippen molar-refractivity contribution in [1.82, 2.24) is 14.7 Å². The van der Waals surface area contributed by atoms with Crippen LogP contribution in [-0.2, 0) is 16.1 Å². The van der Waals surface area contributed by atoms with E-state index < -0.39 is 17.7 Å². The molecule has 0 fully saturated rings. The number of rotatable bonds is 5. The molecule has 0 radical (unpaired) electrons. The van der Waals surface area contributed by atoms with Gasteiger partial charge in [-0.25, -0.2) is 9.37 Å². The van der Waals surface area contributed by atoms with E-state index in [0.29, 0.717) is 10.7 Å². The number of carbonyl (C=O) groups is 2. The Bertz CT molecular complexity index is 998. The standard InChI is InChI=1S/C16H12FN3O4S/c17-11-3-1-2-10(6-11)15(23)18-8-14(22)24-9-12-7-13(21)20-4-5-25-16(20)19-12/h1-7H,8-9H2,(H,18,23). The Labute approximate surface area is 144 Å². The Morgan fingerprint density at radius 2 is 2.16 bits per heavy atom. The third-order valence-corrected chi connectivity index (χ3v) is 3.97. The molecule has 7 nitrogen and oxygen atoms in total. The normalized spacial score (nSPS) is 10.6. The zero-order chi connectivity index (χ0) is 17.8. The van der Waals surface area contributed by atoms with Crippen LogP contribution in [0.15, 0.2) is 46.7 Å². The van der Waals surface area contributed by atoms with E-state index in [1.807, 2.05) is 0 Å². The largest absolute Gasteiger partial charge is 0.458 e. The van der Waals surface area contributed by atoms with Gasteiger partial charge in [0.1, 0.15) is 19.0 Å². The highest BCUT2D eigenvalue weighted by Gasteiger charge is 2.11. The van der Waals surface area contributed by atoms with Crippen molar-refractivity contribution >= 4 is 28.2 Å². The van der Waals surface area contributed by atoms with E-state index in [2.05, 4.69) is 10.3 Å². The number of halogens is 1. The second kappa shape index (κ2) is 7.22. The maximum atomic E-state index is 13.1. The Hall–Kier alpha value is -3.07. The van der Waals surface area contributed by atoms with Crippen LogP contribution in [0.25, 0.3) is 4.96 Å². The van der Waals surface area contributed by atoms with Gasteiger partial charge >= 0.3 is 5.97 Å². The molecule has 0 atom stereocenters. The first kappa shape index (κ1) is 16.8. The van der Waals surface area contributed by atoms with Crippen LogP contribution >= 0.6 is 11.3 Å². The monoisotopic (exact) mass is 361 g/mol. The van der Waals surface area contributed by atoms with Crippen LogP contribution in [0.4, 0.5) is 4.39 Å². The fourth-order valence-electron chi connectivity index (χ4n) is 2.05. The quantitative estimate of drug-likeness (QED) is 0.693. The summed E-state index contributed by atoms with van der Waals surface area (Å²) in [4.78, 5) is 40.0. The van der Waals surface area contributed by atoms with Crippen LogP contribution in [0.3, 0.4) is 0 Å². The number of nitrogens with zero attached hydrogens (tertiary/aromatic N) is 2. The van der Waals surface area contributed by atoms with Gasteiger partial charge in [-0.05, 0) is 18.2 Å². The van der Waals surface area contributed by atoms with E-state index in [-0.39, 0.29) is 24.3 Å². The van der Waals surface area contributed by atoms with Crippen LogP contribution in [0.1, 0.15) is 16.1 Å². The van der Waals surface area contributed by atoms with Crippen molar-refractivity contribution in [2.75, 3.05) is 6.54 Å². The fourth-order valence-corrected chi connectivity index (χ4v) is 2.79. The summed E-state index contributed by atoms with van der Waals surface area (Å²) in [6.45, 7) is -0.562. The number of esters is 1. The minimum Gasteiger partial charge on any atom is -0.458 e. The summed E-state index contributed by atoms with van der Waals surface area (Å²) >= 11 is 1.29. The lowest BCUT2D eigenvalue weighted by Crippen LogP contribution is -2.30. The average molecular weight is 361 g/mol. The van der Waals surface area contributed by atoms with E-state index >= 15 is 0 Å². The highest BCUT2D eigenvalue weighted by molar-refractivity contribution is 7.15. The molecule has 128 valence electrons. The number of fused-ring (bicyclic) bond motifs is 1. The van der Waals surface area contributed by atoms with E-state index in [4.69, 9.17) is 4.74 Å². The van der Waals surface area contributed by atoms with Gasteiger partial charge in [0.25, 0.3) is 11.5 Å². The summed E-state index contributed by atoms with van der Waals surface area (Å²) in [6.07, 6.45) is 1.60. The van der Waals surface area contributed by atoms with E-state index in [9.17, 15) is 18.8 Å². The van der Waals surface area contributed by atoms with Gasteiger partial charge in [0.15, 0.2) is 4.96 Å². The number of benzene rings is 1. The topological polar surface area (TPSA) is 89.8 Å². The first-order valence-electron chi connectivity index (χ1n) is 7.18. The molecule has 2 aromatic heterocycles. The highest BCUT2D eigenvalue weighted by Crippen LogP contribution is 2.07. The molecular weight excluding hydrogens is 349 g/mol.